The first-order chi connectivity index (χ1) is 28.5. The molecule has 1 aliphatic carbocycles. The molecule has 274 valence electrons. The number of furan rings is 1. The molecule has 2 heterocycles. The van der Waals surface area contributed by atoms with Crippen molar-refractivity contribution in [1.29, 1.82) is 0 Å². The first kappa shape index (κ1) is 33.9. The fourth-order valence-corrected chi connectivity index (χ4v) is 9.11. The van der Waals surface area contributed by atoms with Crippen LogP contribution in [0, 0.1) is 0 Å². The van der Waals surface area contributed by atoms with Crippen molar-refractivity contribution in [2.45, 2.75) is 19.3 Å². The highest BCUT2D eigenvalue weighted by molar-refractivity contribution is 6.09. The first-order valence-electron chi connectivity index (χ1n) is 19.9. The van der Waals surface area contributed by atoms with Gasteiger partial charge in [-0.25, -0.2) is 9.97 Å². The summed E-state index contributed by atoms with van der Waals surface area (Å²) in [5.41, 5.74) is 18.3. The largest absolute Gasteiger partial charge is 0.455 e. The second kappa shape index (κ2) is 13.4. The quantitative estimate of drug-likeness (QED) is 0.170. The van der Waals surface area contributed by atoms with E-state index in [0.717, 1.165) is 66.7 Å². The van der Waals surface area contributed by atoms with Crippen molar-refractivity contribution < 1.29 is 4.42 Å². The first-order valence-corrected chi connectivity index (χ1v) is 19.9. The maximum atomic E-state index is 6.60. The summed E-state index contributed by atoms with van der Waals surface area (Å²) in [7, 11) is 0. The smallest absolute Gasteiger partial charge is 0.160 e. The number of benzene rings is 8. The monoisotopic (exact) mass is 742 g/mol. The van der Waals surface area contributed by atoms with Crippen LogP contribution in [0.5, 0.6) is 0 Å². The van der Waals surface area contributed by atoms with Crippen LogP contribution in [-0.4, -0.2) is 9.97 Å². The van der Waals surface area contributed by atoms with Crippen LogP contribution in [0.3, 0.4) is 0 Å². The van der Waals surface area contributed by atoms with Gasteiger partial charge < -0.3 is 4.42 Å². The molecule has 0 spiro atoms. The molecule has 0 atom stereocenters. The molecule has 10 aromatic rings. The van der Waals surface area contributed by atoms with Crippen molar-refractivity contribution >= 4 is 21.9 Å². The number of aromatic nitrogens is 2. The van der Waals surface area contributed by atoms with Crippen molar-refractivity contribution in [3.63, 3.8) is 0 Å². The van der Waals surface area contributed by atoms with Gasteiger partial charge >= 0.3 is 0 Å². The van der Waals surface area contributed by atoms with Crippen LogP contribution in [0.4, 0.5) is 0 Å². The Morgan fingerprint density at radius 3 is 1.71 bits per heavy atom. The van der Waals surface area contributed by atoms with Gasteiger partial charge in [0.25, 0.3) is 0 Å². The van der Waals surface area contributed by atoms with Gasteiger partial charge in [-0.2, -0.15) is 0 Å². The van der Waals surface area contributed by atoms with Crippen LogP contribution in [0.25, 0.3) is 100 Å². The fraction of sp³-hybridized carbons (Fsp3) is 0.0545. The molecule has 0 unspecified atom stereocenters. The van der Waals surface area contributed by atoms with Crippen LogP contribution in [-0.2, 0) is 5.41 Å². The van der Waals surface area contributed by atoms with E-state index in [0.29, 0.717) is 5.82 Å². The highest BCUT2D eigenvalue weighted by Gasteiger charge is 2.38. The van der Waals surface area contributed by atoms with E-state index >= 15 is 0 Å². The lowest BCUT2D eigenvalue weighted by molar-refractivity contribution is 0.662. The third-order valence-corrected chi connectivity index (χ3v) is 11.9. The molecule has 0 aliphatic heterocycles. The second-order valence-corrected chi connectivity index (χ2v) is 15.7. The molecule has 0 N–H and O–H groups in total. The zero-order chi connectivity index (χ0) is 38.8. The van der Waals surface area contributed by atoms with E-state index in [-0.39, 0.29) is 5.41 Å². The summed E-state index contributed by atoms with van der Waals surface area (Å²) >= 11 is 0. The SMILES string of the molecule is CC1(C)c2cc(-c3nc(-c4ccc(-c5ccccc5)cc4-c4ccccc4)cc(-c4cccc5c4oc4ccccc45)n3)ccc2-c2cccc(-c3ccccc3)c21. The van der Waals surface area contributed by atoms with Crippen molar-refractivity contribution in [1.82, 2.24) is 9.97 Å². The predicted octanol–water partition coefficient (Wildman–Crippen LogP) is 14.7. The Morgan fingerprint density at radius 2 is 0.948 bits per heavy atom. The molecule has 0 saturated carbocycles. The van der Waals surface area contributed by atoms with E-state index in [1.54, 1.807) is 0 Å². The molecule has 58 heavy (non-hydrogen) atoms. The van der Waals surface area contributed by atoms with Crippen molar-refractivity contribution in [2.24, 2.45) is 0 Å². The summed E-state index contributed by atoms with van der Waals surface area (Å²) in [6, 6.07) is 68.8. The van der Waals surface area contributed by atoms with Gasteiger partial charge in [-0.3, -0.25) is 0 Å². The Morgan fingerprint density at radius 1 is 0.379 bits per heavy atom. The van der Waals surface area contributed by atoms with E-state index in [1.807, 2.05) is 12.1 Å². The average molecular weight is 743 g/mol. The summed E-state index contributed by atoms with van der Waals surface area (Å²) < 4.78 is 6.60. The van der Waals surface area contributed by atoms with Crippen molar-refractivity contribution in [3.8, 4) is 78.4 Å². The standard InChI is InChI=1S/C55H38N2O/c1-55(2)48-33-39(29-30-41(48)44-24-14-23-40(52(44)55)36-18-8-4-9-19-36)54-56-49(34-50(57-54)46-26-15-25-45-43-22-12-13-27-51(43)58-53(45)46)42-31-28-38(35-16-6-3-7-17-35)32-47(42)37-20-10-5-11-21-37/h3-34H,1-2H3. The lowest BCUT2D eigenvalue weighted by atomic mass is 9.78. The maximum absolute atomic E-state index is 6.60. The molecule has 0 saturated heterocycles. The van der Waals surface area contributed by atoms with Crippen LogP contribution in [0.1, 0.15) is 25.0 Å². The Labute approximate surface area is 338 Å². The molecule has 8 aromatic carbocycles. The fourth-order valence-electron chi connectivity index (χ4n) is 9.11. The van der Waals surface area contributed by atoms with Gasteiger partial charge in [-0.05, 0) is 86.0 Å². The zero-order valence-electron chi connectivity index (χ0n) is 32.3. The normalized spacial score (nSPS) is 12.8. The van der Waals surface area contributed by atoms with Crippen LogP contribution in [0.2, 0.25) is 0 Å². The number of rotatable bonds is 6. The van der Waals surface area contributed by atoms with Crippen molar-refractivity contribution in [3.05, 3.63) is 205 Å². The summed E-state index contributed by atoms with van der Waals surface area (Å²) in [4.78, 5) is 10.9. The van der Waals surface area contributed by atoms with E-state index < -0.39 is 0 Å². The third-order valence-electron chi connectivity index (χ3n) is 11.9. The molecule has 3 heteroatoms. The Kier molecular flexibility index (Phi) is 7.84. The lowest BCUT2D eigenvalue weighted by Crippen LogP contribution is -2.16. The van der Waals surface area contributed by atoms with Gasteiger partial charge in [0.15, 0.2) is 5.82 Å². The number of nitrogens with zero attached hydrogens (tertiary/aromatic N) is 2. The summed E-state index contributed by atoms with van der Waals surface area (Å²) in [6.45, 7) is 4.69. The molecular formula is C55H38N2O. The summed E-state index contributed by atoms with van der Waals surface area (Å²) in [6.07, 6.45) is 0. The van der Waals surface area contributed by atoms with Crippen molar-refractivity contribution in [2.75, 3.05) is 0 Å². The summed E-state index contributed by atoms with van der Waals surface area (Å²) in [5.74, 6) is 0.671. The molecule has 11 rings (SSSR count). The van der Waals surface area contributed by atoms with Gasteiger partial charge in [0.1, 0.15) is 11.2 Å². The van der Waals surface area contributed by atoms with Crippen LogP contribution < -0.4 is 0 Å². The van der Waals surface area contributed by atoms with E-state index in [1.165, 1.54) is 38.9 Å². The van der Waals surface area contributed by atoms with E-state index in [2.05, 4.69) is 196 Å². The minimum Gasteiger partial charge on any atom is -0.455 e. The van der Waals surface area contributed by atoms with E-state index in [4.69, 9.17) is 14.4 Å². The van der Waals surface area contributed by atoms with Gasteiger partial charge in [-0.1, -0.05) is 178 Å². The second-order valence-electron chi connectivity index (χ2n) is 15.7. The Balaban J connectivity index is 1.13. The van der Waals surface area contributed by atoms with Gasteiger partial charge in [-0.15, -0.1) is 0 Å². The molecule has 2 aromatic heterocycles. The summed E-state index contributed by atoms with van der Waals surface area (Å²) in [5, 5.41) is 2.16. The third kappa shape index (κ3) is 5.50. The highest BCUT2D eigenvalue weighted by atomic mass is 16.3. The molecule has 1 aliphatic rings. The minimum atomic E-state index is -0.249. The van der Waals surface area contributed by atoms with Gasteiger partial charge in [0.05, 0.1) is 11.4 Å². The van der Waals surface area contributed by atoms with Crippen LogP contribution in [0.15, 0.2) is 199 Å². The van der Waals surface area contributed by atoms with Crippen LogP contribution >= 0.6 is 0 Å². The maximum Gasteiger partial charge on any atom is 0.160 e. The predicted molar refractivity (Wildman–Crippen MR) is 239 cm³/mol. The number of fused-ring (bicyclic) bond motifs is 6. The average Bonchev–Trinajstić information content (AvgIpc) is 3.78. The molecule has 3 nitrogen and oxygen atoms in total. The van der Waals surface area contributed by atoms with E-state index in [9.17, 15) is 0 Å². The molecule has 0 fully saturated rings. The molecule has 0 bridgehead atoms. The molecule has 0 amide bonds. The molecular weight excluding hydrogens is 705 g/mol. The Hall–Kier alpha value is -7.36. The minimum absolute atomic E-state index is 0.249. The Bertz CT molecular complexity index is 3180. The molecule has 0 radical (unpaired) electrons. The highest BCUT2D eigenvalue weighted by Crippen LogP contribution is 2.53. The number of hydrogen-bond acceptors (Lipinski definition) is 3. The van der Waals surface area contributed by atoms with Gasteiger partial charge in [0.2, 0.25) is 0 Å². The lowest BCUT2D eigenvalue weighted by Gasteiger charge is -2.25. The number of para-hydroxylation sites is 2. The topological polar surface area (TPSA) is 38.9 Å². The number of hydrogen-bond donors (Lipinski definition) is 0. The zero-order valence-corrected chi connectivity index (χ0v) is 32.3. The van der Waals surface area contributed by atoms with Gasteiger partial charge in [0, 0.05) is 32.9 Å².